The lowest BCUT2D eigenvalue weighted by Crippen LogP contribution is -2.56. The lowest BCUT2D eigenvalue weighted by Gasteiger charge is -2.36. The number of hydrogen-bond donors (Lipinski definition) is 0. The second kappa shape index (κ2) is 5.41. The van der Waals surface area contributed by atoms with Gasteiger partial charge in [-0.15, -0.1) is 0 Å². The minimum absolute atomic E-state index is 0.189. The highest BCUT2D eigenvalue weighted by Crippen LogP contribution is 2.47. The van der Waals surface area contributed by atoms with Crippen LogP contribution in [-0.2, 0) is 19.1 Å². The van der Waals surface area contributed by atoms with Crippen LogP contribution < -0.4 is 0 Å². The van der Waals surface area contributed by atoms with Crippen LogP contribution in [0.15, 0.2) is 12.2 Å². The van der Waals surface area contributed by atoms with Crippen molar-refractivity contribution in [1.82, 2.24) is 4.90 Å². The first-order valence-corrected chi connectivity index (χ1v) is 7.51. The fourth-order valence-electron chi connectivity index (χ4n) is 3.21. The topological polar surface area (TPSA) is 72.9 Å². The molecule has 2 atom stereocenters. The van der Waals surface area contributed by atoms with E-state index in [0.717, 1.165) is 10.5 Å². The Kier molecular flexibility index (Phi) is 4.06. The number of carbonyl (C=O) groups excluding carboxylic acids is 3. The first-order chi connectivity index (χ1) is 10.1. The zero-order chi connectivity index (χ0) is 16.7. The zero-order valence-electron chi connectivity index (χ0n) is 13.6. The predicted octanol–water partition coefficient (Wildman–Crippen LogP) is 2.42. The van der Waals surface area contributed by atoms with Gasteiger partial charge in [0.15, 0.2) is 5.54 Å². The summed E-state index contributed by atoms with van der Waals surface area (Å²) < 4.78 is 10.4. The molecule has 2 rings (SSSR count). The predicted molar refractivity (Wildman–Crippen MR) is 78.9 cm³/mol. The molecule has 1 heterocycles. The van der Waals surface area contributed by atoms with Gasteiger partial charge in [0.05, 0.1) is 6.61 Å². The van der Waals surface area contributed by atoms with E-state index in [-0.39, 0.29) is 25.4 Å². The highest BCUT2D eigenvalue weighted by atomic mass is 16.6. The van der Waals surface area contributed by atoms with E-state index in [1.54, 1.807) is 27.7 Å². The number of carbonyl (C=O) groups is 3. The third-order valence-corrected chi connectivity index (χ3v) is 3.89. The maximum Gasteiger partial charge on any atom is 0.418 e. The molecule has 1 aliphatic heterocycles. The van der Waals surface area contributed by atoms with Gasteiger partial charge in [-0.2, -0.15) is 0 Å². The van der Waals surface area contributed by atoms with Gasteiger partial charge >= 0.3 is 12.1 Å². The molecule has 0 aromatic heterocycles. The van der Waals surface area contributed by atoms with Crippen LogP contribution in [0.4, 0.5) is 4.79 Å². The van der Waals surface area contributed by atoms with Crippen LogP contribution in [0, 0.1) is 5.92 Å². The van der Waals surface area contributed by atoms with Crippen molar-refractivity contribution in [2.24, 2.45) is 5.92 Å². The van der Waals surface area contributed by atoms with Gasteiger partial charge in [-0.3, -0.25) is 4.79 Å². The number of fused-ring (bicyclic) bond motifs is 2. The molecule has 6 heteroatoms. The third kappa shape index (κ3) is 2.74. The summed E-state index contributed by atoms with van der Waals surface area (Å²) in [7, 11) is 0. The van der Waals surface area contributed by atoms with E-state index in [1.165, 1.54) is 0 Å². The molecule has 2 fully saturated rings. The summed E-state index contributed by atoms with van der Waals surface area (Å²) in [6.07, 6.45) is 0.234. The van der Waals surface area contributed by atoms with Crippen LogP contribution in [0.25, 0.3) is 0 Å². The van der Waals surface area contributed by atoms with Crippen molar-refractivity contribution in [2.75, 3.05) is 6.61 Å². The maximum absolute atomic E-state index is 12.5. The molecule has 122 valence electrons. The van der Waals surface area contributed by atoms with Crippen molar-refractivity contribution in [1.29, 1.82) is 0 Å². The Morgan fingerprint density at radius 3 is 2.59 bits per heavy atom. The van der Waals surface area contributed by atoms with Gasteiger partial charge in [0.1, 0.15) is 5.60 Å². The van der Waals surface area contributed by atoms with E-state index in [4.69, 9.17) is 9.47 Å². The molecular formula is C16H23NO5. The number of nitrogens with zero attached hydrogens (tertiary/aromatic N) is 1. The molecule has 2 aliphatic rings. The molecule has 0 spiro atoms. The highest BCUT2D eigenvalue weighted by molar-refractivity contribution is 6.04. The third-order valence-electron chi connectivity index (χ3n) is 3.89. The van der Waals surface area contributed by atoms with E-state index >= 15 is 0 Å². The molecule has 0 radical (unpaired) electrons. The standard InChI is InChI=1S/C16H23NO5/c1-6-21-13(19)16-8-10(2)7-11(9-16)12(18)17(16)14(20)22-15(3,4)5/h11H,2,6-9H2,1,3-5H3. The summed E-state index contributed by atoms with van der Waals surface area (Å²) in [5, 5.41) is 0. The van der Waals surface area contributed by atoms with Gasteiger partial charge in [0.2, 0.25) is 5.91 Å². The van der Waals surface area contributed by atoms with Crippen molar-refractivity contribution in [3.8, 4) is 0 Å². The number of amides is 2. The minimum Gasteiger partial charge on any atom is -0.464 e. The molecule has 0 aromatic carbocycles. The molecule has 2 amide bonds. The van der Waals surface area contributed by atoms with Crippen LogP contribution in [0.1, 0.15) is 47.0 Å². The lowest BCUT2D eigenvalue weighted by molar-refractivity contribution is -0.158. The fraction of sp³-hybridized carbons (Fsp3) is 0.688. The van der Waals surface area contributed by atoms with E-state index in [0.29, 0.717) is 6.42 Å². The van der Waals surface area contributed by atoms with E-state index in [9.17, 15) is 14.4 Å². The Morgan fingerprint density at radius 1 is 1.41 bits per heavy atom. The lowest BCUT2D eigenvalue weighted by atomic mass is 9.77. The van der Waals surface area contributed by atoms with Crippen molar-refractivity contribution in [3.63, 3.8) is 0 Å². The summed E-state index contributed by atoms with van der Waals surface area (Å²) >= 11 is 0. The SMILES string of the molecule is C=C1CC2CC(C(=O)OCC)(C1)N(C(=O)OC(C)(C)C)C2=O. The molecule has 0 N–H and O–H groups in total. The molecule has 0 aromatic rings. The molecule has 6 nitrogen and oxygen atoms in total. The number of ether oxygens (including phenoxy) is 2. The van der Waals surface area contributed by atoms with Gasteiger partial charge in [-0.1, -0.05) is 12.2 Å². The van der Waals surface area contributed by atoms with Crippen LogP contribution in [-0.4, -0.2) is 40.6 Å². The smallest absolute Gasteiger partial charge is 0.418 e. The van der Waals surface area contributed by atoms with E-state index < -0.39 is 29.1 Å². The molecule has 1 saturated carbocycles. The minimum atomic E-state index is -1.30. The van der Waals surface area contributed by atoms with Crippen molar-refractivity contribution < 1.29 is 23.9 Å². The molecule has 2 bridgehead atoms. The Hall–Kier alpha value is -1.85. The van der Waals surface area contributed by atoms with Crippen LogP contribution in [0.5, 0.6) is 0 Å². The van der Waals surface area contributed by atoms with Crippen LogP contribution in [0.2, 0.25) is 0 Å². The summed E-state index contributed by atoms with van der Waals surface area (Å²) in [5.41, 5.74) is -1.26. The monoisotopic (exact) mass is 309 g/mol. The number of esters is 1. The van der Waals surface area contributed by atoms with Gasteiger partial charge in [0, 0.05) is 12.3 Å². The van der Waals surface area contributed by atoms with Crippen molar-refractivity contribution >= 4 is 18.0 Å². The average Bonchev–Trinajstić information content (AvgIpc) is 2.56. The van der Waals surface area contributed by atoms with E-state index in [2.05, 4.69) is 6.58 Å². The number of imide groups is 1. The first kappa shape index (κ1) is 16.5. The summed E-state index contributed by atoms with van der Waals surface area (Å²) in [6, 6.07) is 0. The number of hydrogen-bond acceptors (Lipinski definition) is 5. The number of likely N-dealkylation sites (tertiary alicyclic amines) is 1. The van der Waals surface area contributed by atoms with Crippen molar-refractivity contribution in [3.05, 3.63) is 12.2 Å². The highest BCUT2D eigenvalue weighted by Gasteiger charge is 2.62. The average molecular weight is 309 g/mol. The fourth-order valence-corrected chi connectivity index (χ4v) is 3.21. The maximum atomic E-state index is 12.5. The zero-order valence-corrected chi connectivity index (χ0v) is 13.6. The normalized spacial score (nSPS) is 27.8. The van der Waals surface area contributed by atoms with Gasteiger partial charge in [0.25, 0.3) is 0 Å². The van der Waals surface area contributed by atoms with Crippen molar-refractivity contribution in [2.45, 2.75) is 58.1 Å². The molecule has 1 saturated heterocycles. The molecule has 22 heavy (non-hydrogen) atoms. The summed E-state index contributed by atoms with van der Waals surface area (Å²) in [6.45, 7) is 10.9. The Bertz CT molecular complexity index is 533. The number of rotatable bonds is 2. The molecule has 2 unspecified atom stereocenters. The van der Waals surface area contributed by atoms with E-state index in [1.807, 2.05) is 0 Å². The summed E-state index contributed by atoms with van der Waals surface area (Å²) in [4.78, 5) is 38.5. The van der Waals surface area contributed by atoms with Crippen LogP contribution >= 0.6 is 0 Å². The second-order valence-electron chi connectivity index (χ2n) is 6.94. The Morgan fingerprint density at radius 2 is 2.05 bits per heavy atom. The first-order valence-electron chi connectivity index (χ1n) is 7.51. The Balaban J connectivity index is 2.40. The quantitative estimate of drug-likeness (QED) is 0.578. The van der Waals surface area contributed by atoms with Gasteiger partial charge in [-0.25, -0.2) is 14.5 Å². The summed E-state index contributed by atoms with van der Waals surface area (Å²) in [5.74, 6) is -1.34. The van der Waals surface area contributed by atoms with Gasteiger partial charge in [-0.05, 0) is 40.5 Å². The molecular weight excluding hydrogens is 286 g/mol. The Labute approximate surface area is 130 Å². The largest absolute Gasteiger partial charge is 0.464 e. The van der Waals surface area contributed by atoms with Gasteiger partial charge < -0.3 is 9.47 Å². The molecule has 1 aliphatic carbocycles. The van der Waals surface area contributed by atoms with Crippen LogP contribution in [0.3, 0.4) is 0 Å². The second-order valence-corrected chi connectivity index (χ2v) is 6.94.